The van der Waals surface area contributed by atoms with Crippen LogP contribution in [-0.4, -0.2) is 94.8 Å². The number of aromatic nitrogens is 2. The van der Waals surface area contributed by atoms with Gasteiger partial charge >= 0.3 is 37.2 Å². The minimum atomic E-state index is -4.45. The number of ether oxygens (including phenoxy) is 5. The van der Waals surface area contributed by atoms with E-state index in [2.05, 4.69) is 15.2 Å². The number of methoxy groups -OCH3 is 1. The number of aliphatic hydroxyl groups excluding tert-OH is 2. The van der Waals surface area contributed by atoms with Crippen molar-refractivity contribution in [1.29, 1.82) is 0 Å². The molecule has 3 aromatic rings. The lowest BCUT2D eigenvalue weighted by atomic mass is 10.1. The molecule has 4 N–H and O–H groups in total. The Kier molecular flexibility index (Phi) is 13.8. The summed E-state index contributed by atoms with van der Waals surface area (Å²) in [6.45, 7) is 4.04. The van der Waals surface area contributed by atoms with Crippen molar-refractivity contribution in [3.63, 3.8) is 0 Å². The SMILES string of the molecule is CCOC(=O)[C@H](C)NP(=O)(N[C@@H](C)C(=O)OCC)OC[C@H]1OC(n2ccc(CC(=O)OCc3cc4cc(OC)cc(CO)c4o3)nc2=O)C(F)(F)[C@@H]1O. The number of hydrogen-bond donors (Lipinski definition) is 4. The molecule has 1 unspecified atom stereocenters. The Labute approximate surface area is 301 Å². The molecule has 18 nitrogen and oxygen atoms in total. The molecule has 0 spiro atoms. The van der Waals surface area contributed by atoms with Gasteiger partial charge in [-0.1, -0.05) is 0 Å². The molecule has 1 aliphatic rings. The van der Waals surface area contributed by atoms with Crippen LogP contribution in [-0.2, 0) is 62.1 Å². The Morgan fingerprint density at radius 2 is 1.72 bits per heavy atom. The minimum absolute atomic E-state index is 0.00591. The Morgan fingerprint density at radius 1 is 1.08 bits per heavy atom. The number of carbonyl (C=O) groups is 3. The first-order valence-electron chi connectivity index (χ1n) is 16.3. The number of aliphatic hydroxyl groups is 2. The molecule has 0 amide bonds. The Balaban J connectivity index is 1.42. The molecule has 0 saturated carbocycles. The van der Waals surface area contributed by atoms with Crippen LogP contribution in [0.5, 0.6) is 5.75 Å². The van der Waals surface area contributed by atoms with E-state index in [1.807, 2.05) is 0 Å². The van der Waals surface area contributed by atoms with Crippen molar-refractivity contribution < 1.29 is 70.6 Å². The van der Waals surface area contributed by atoms with Crippen LogP contribution in [0, 0.1) is 0 Å². The molecule has 4 rings (SSSR count). The number of fused-ring (bicyclic) bond motifs is 1. The fraction of sp³-hybridized carbons (Fsp3) is 0.531. The van der Waals surface area contributed by atoms with Crippen molar-refractivity contribution in [2.75, 3.05) is 26.9 Å². The first kappa shape index (κ1) is 41.5. The number of halogens is 2. The van der Waals surface area contributed by atoms with Gasteiger partial charge in [0.1, 0.15) is 41.9 Å². The molecular formula is C32H41F2N4O14P. The van der Waals surface area contributed by atoms with E-state index < -0.39 is 80.7 Å². The molecule has 292 valence electrons. The molecule has 1 aliphatic heterocycles. The predicted molar refractivity (Wildman–Crippen MR) is 178 cm³/mol. The normalized spacial score (nSPS) is 19.5. The number of alkyl halides is 2. The lowest BCUT2D eigenvalue weighted by Gasteiger charge is -2.27. The number of benzene rings is 1. The second kappa shape index (κ2) is 17.7. The zero-order chi connectivity index (χ0) is 39.1. The summed E-state index contributed by atoms with van der Waals surface area (Å²) in [6.07, 6.45) is -6.49. The van der Waals surface area contributed by atoms with Gasteiger partial charge in [0.15, 0.2) is 6.10 Å². The van der Waals surface area contributed by atoms with Crippen LogP contribution in [0.2, 0.25) is 0 Å². The van der Waals surface area contributed by atoms with Crippen molar-refractivity contribution in [3.05, 3.63) is 58.0 Å². The predicted octanol–water partition coefficient (Wildman–Crippen LogP) is 1.88. The van der Waals surface area contributed by atoms with E-state index in [1.54, 1.807) is 32.0 Å². The summed E-state index contributed by atoms with van der Waals surface area (Å²) >= 11 is 0. The first-order valence-corrected chi connectivity index (χ1v) is 18.0. The summed E-state index contributed by atoms with van der Waals surface area (Å²) in [5.74, 6) is -5.86. The Morgan fingerprint density at radius 3 is 2.28 bits per heavy atom. The molecule has 2 aromatic heterocycles. The zero-order valence-electron chi connectivity index (χ0n) is 29.4. The summed E-state index contributed by atoms with van der Waals surface area (Å²) in [5, 5.41) is 25.5. The van der Waals surface area contributed by atoms with Crippen LogP contribution in [0.4, 0.5) is 8.78 Å². The van der Waals surface area contributed by atoms with Gasteiger partial charge in [0.05, 0.1) is 45.7 Å². The van der Waals surface area contributed by atoms with Gasteiger partial charge in [0.2, 0.25) is 6.23 Å². The molecule has 0 aliphatic carbocycles. The third-order valence-corrected chi connectivity index (χ3v) is 9.74. The van der Waals surface area contributed by atoms with E-state index in [-0.39, 0.29) is 37.9 Å². The van der Waals surface area contributed by atoms with Gasteiger partial charge in [0.25, 0.3) is 0 Å². The maximum atomic E-state index is 15.3. The highest BCUT2D eigenvalue weighted by atomic mass is 31.2. The van der Waals surface area contributed by atoms with E-state index in [0.717, 1.165) is 12.3 Å². The second-order valence-electron chi connectivity index (χ2n) is 11.7. The average Bonchev–Trinajstić information content (AvgIpc) is 3.63. The standard InChI is InChI=1S/C32H41F2N4O14P/c1-6-47-28(42)17(3)36-53(45,37-18(4)29(43)48-7-2)50-16-24-27(41)32(33,34)30(52-24)38-9-8-21(35-31(38)44)13-25(40)49-15-23-11-19-10-22(46-5)12-20(14-39)26(19)51-23/h8-12,17-18,24,27,30,39,41H,6-7,13-16H2,1-5H3,(H2,36,37,45)/t17-,18-,24+,27+,30?/m0/s1. The lowest BCUT2D eigenvalue weighted by molar-refractivity contribution is -0.145. The molecule has 0 bridgehead atoms. The maximum Gasteiger partial charge on any atom is 0.350 e. The molecule has 53 heavy (non-hydrogen) atoms. The maximum absolute atomic E-state index is 15.3. The van der Waals surface area contributed by atoms with Gasteiger partial charge in [-0.05, 0) is 52.0 Å². The van der Waals surface area contributed by atoms with Crippen LogP contribution in [0.1, 0.15) is 50.9 Å². The quantitative estimate of drug-likeness (QED) is 0.0820. The van der Waals surface area contributed by atoms with Crippen LogP contribution in [0.3, 0.4) is 0 Å². The monoisotopic (exact) mass is 774 g/mol. The molecule has 1 aromatic carbocycles. The van der Waals surface area contributed by atoms with Crippen LogP contribution in [0.15, 0.2) is 39.7 Å². The van der Waals surface area contributed by atoms with Gasteiger partial charge in [-0.2, -0.15) is 13.8 Å². The van der Waals surface area contributed by atoms with E-state index >= 15 is 8.78 Å². The topological polar surface area (TPSA) is 236 Å². The molecule has 1 saturated heterocycles. The molecule has 21 heteroatoms. The summed E-state index contributed by atoms with van der Waals surface area (Å²) < 4.78 is 81.3. The third-order valence-electron chi connectivity index (χ3n) is 7.77. The summed E-state index contributed by atoms with van der Waals surface area (Å²) in [6, 6.07) is 3.44. The highest BCUT2D eigenvalue weighted by molar-refractivity contribution is 7.54. The van der Waals surface area contributed by atoms with E-state index in [1.165, 1.54) is 21.0 Å². The smallest absolute Gasteiger partial charge is 0.350 e. The van der Waals surface area contributed by atoms with Gasteiger partial charge in [-0.3, -0.25) is 23.5 Å². The summed E-state index contributed by atoms with van der Waals surface area (Å²) in [4.78, 5) is 53.5. The van der Waals surface area contributed by atoms with Crippen molar-refractivity contribution in [3.8, 4) is 5.75 Å². The number of carbonyl (C=O) groups excluding carboxylic acids is 3. The number of esters is 3. The van der Waals surface area contributed by atoms with E-state index in [4.69, 9.17) is 32.6 Å². The number of nitrogens with zero attached hydrogens (tertiary/aromatic N) is 2. The van der Waals surface area contributed by atoms with Crippen LogP contribution < -0.4 is 20.6 Å². The highest BCUT2D eigenvalue weighted by Crippen LogP contribution is 2.45. The number of rotatable bonds is 18. The summed E-state index contributed by atoms with van der Waals surface area (Å²) in [7, 11) is -2.99. The van der Waals surface area contributed by atoms with Gasteiger partial charge in [-0.15, -0.1) is 0 Å². The van der Waals surface area contributed by atoms with Crippen LogP contribution in [0.25, 0.3) is 11.0 Å². The number of hydrogen-bond acceptors (Lipinski definition) is 15. The molecule has 0 radical (unpaired) electrons. The van der Waals surface area contributed by atoms with Gasteiger partial charge in [-0.25, -0.2) is 15.0 Å². The molecule has 1 fully saturated rings. The number of furan rings is 1. The fourth-order valence-corrected chi connectivity index (χ4v) is 6.99. The van der Waals surface area contributed by atoms with E-state index in [0.29, 0.717) is 26.8 Å². The Hall–Kier alpha value is -4.30. The van der Waals surface area contributed by atoms with E-state index in [9.17, 15) is 34.0 Å². The lowest BCUT2D eigenvalue weighted by Crippen LogP contribution is -2.44. The van der Waals surface area contributed by atoms with Crippen molar-refractivity contribution >= 4 is 36.5 Å². The van der Waals surface area contributed by atoms with Crippen LogP contribution >= 0.6 is 7.67 Å². The molecule has 3 heterocycles. The second-order valence-corrected chi connectivity index (χ2v) is 13.6. The van der Waals surface area contributed by atoms with Gasteiger partial charge < -0.3 is 42.8 Å². The third kappa shape index (κ3) is 10.0. The van der Waals surface area contributed by atoms with Crippen molar-refractivity contribution in [2.24, 2.45) is 0 Å². The minimum Gasteiger partial charge on any atom is -0.497 e. The van der Waals surface area contributed by atoms with Crippen molar-refractivity contribution in [1.82, 2.24) is 19.7 Å². The summed E-state index contributed by atoms with van der Waals surface area (Å²) in [5.41, 5.74) is -0.541. The Bertz CT molecular complexity index is 1860. The fourth-order valence-electron chi connectivity index (χ4n) is 5.18. The number of nitrogens with one attached hydrogen (secondary N) is 2. The van der Waals surface area contributed by atoms with Gasteiger partial charge in [0, 0.05) is 17.1 Å². The van der Waals surface area contributed by atoms with Crippen molar-refractivity contribution in [2.45, 2.75) is 83.8 Å². The highest BCUT2D eigenvalue weighted by Gasteiger charge is 2.60. The molecular weight excluding hydrogens is 733 g/mol. The zero-order valence-corrected chi connectivity index (χ0v) is 30.3. The largest absolute Gasteiger partial charge is 0.497 e. The first-order chi connectivity index (χ1) is 25.0. The average molecular weight is 775 g/mol. The molecule has 5 atom stereocenters.